The van der Waals surface area contributed by atoms with Gasteiger partial charge < -0.3 is 11.1 Å². The average Bonchev–Trinajstić information content (AvgIpc) is 2.90. The van der Waals surface area contributed by atoms with E-state index in [-0.39, 0.29) is 5.91 Å². The van der Waals surface area contributed by atoms with Crippen LogP contribution in [0.4, 0.5) is 0 Å². The Hall–Kier alpha value is -1.06. The molecule has 0 aliphatic carbocycles. The first kappa shape index (κ1) is 36.9. The van der Waals surface area contributed by atoms with Crippen LogP contribution in [0.3, 0.4) is 0 Å². The summed E-state index contributed by atoms with van der Waals surface area (Å²) in [6.07, 6.45) is 36.5. The maximum Gasteiger partial charge on any atom is 0.239 e. The van der Waals surface area contributed by atoms with Crippen molar-refractivity contribution in [2.24, 2.45) is 5.73 Å². The number of carbonyl (C=O) groups excluding carboxylic acids is 2. The summed E-state index contributed by atoms with van der Waals surface area (Å²) in [5.74, 6) is -0.402. The summed E-state index contributed by atoms with van der Waals surface area (Å²) in [7, 11) is 0. The predicted molar refractivity (Wildman–Crippen MR) is 166 cm³/mol. The maximum absolute atomic E-state index is 12.3. The monoisotopic (exact) mass is 537 g/mol. The lowest BCUT2D eigenvalue weighted by Crippen LogP contribution is -2.44. The quantitative estimate of drug-likeness (QED) is 0.0865. The topological polar surface area (TPSA) is 72.2 Å². The van der Waals surface area contributed by atoms with Gasteiger partial charge in [0.2, 0.25) is 11.8 Å². The lowest BCUT2D eigenvalue weighted by atomic mass is 10.0. The molecule has 0 spiro atoms. The SMILES string of the molecule is CCCCCCCCCCCCCCCCCC(=O)NC(CCCCCCCCCCCCCC)C(N)=O. The van der Waals surface area contributed by atoms with E-state index in [4.69, 9.17) is 5.73 Å². The van der Waals surface area contributed by atoms with Crippen LogP contribution in [0.15, 0.2) is 0 Å². The molecule has 0 bridgehead atoms. The van der Waals surface area contributed by atoms with Crippen LogP contribution < -0.4 is 11.1 Å². The van der Waals surface area contributed by atoms with E-state index < -0.39 is 11.9 Å². The molecule has 2 amide bonds. The molecule has 0 saturated heterocycles. The number of hydrogen-bond donors (Lipinski definition) is 2. The zero-order chi connectivity index (χ0) is 27.9. The molecule has 0 heterocycles. The Morgan fingerprint density at radius 2 is 0.763 bits per heavy atom. The summed E-state index contributed by atoms with van der Waals surface area (Å²) in [5.41, 5.74) is 5.56. The smallest absolute Gasteiger partial charge is 0.239 e. The molecule has 0 saturated carbocycles. The number of unbranched alkanes of at least 4 members (excludes halogenated alkanes) is 25. The second-order valence-electron chi connectivity index (χ2n) is 11.9. The number of carbonyl (C=O) groups is 2. The zero-order valence-corrected chi connectivity index (χ0v) is 26.0. The highest BCUT2D eigenvalue weighted by atomic mass is 16.2. The number of nitrogens with two attached hydrogens (primary N) is 1. The van der Waals surface area contributed by atoms with Crippen molar-refractivity contribution in [2.45, 2.75) is 206 Å². The van der Waals surface area contributed by atoms with E-state index in [1.807, 2.05) is 0 Å². The summed E-state index contributed by atoms with van der Waals surface area (Å²) in [4.78, 5) is 24.1. The largest absolute Gasteiger partial charge is 0.368 e. The van der Waals surface area contributed by atoms with E-state index in [0.717, 1.165) is 25.7 Å². The van der Waals surface area contributed by atoms with Crippen LogP contribution in [0.5, 0.6) is 0 Å². The molecule has 0 aliphatic rings. The number of hydrogen-bond acceptors (Lipinski definition) is 2. The Kier molecular flexibility index (Phi) is 29.6. The van der Waals surface area contributed by atoms with Gasteiger partial charge in [-0.25, -0.2) is 0 Å². The van der Waals surface area contributed by atoms with E-state index in [2.05, 4.69) is 19.2 Å². The normalized spacial score (nSPS) is 12.1. The van der Waals surface area contributed by atoms with Crippen molar-refractivity contribution < 1.29 is 9.59 Å². The summed E-state index contributed by atoms with van der Waals surface area (Å²) in [6.45, 7) is 4.54. The summed E-state index contributed by atoms with van der Waals surface area (Å²) >= 11 is 0. The van der Waals surface area contributed by atoms with Crippen molar-refractivity contribution >= 4 is 11.8 Å². The van der Waals surface area contributed by atoms with Crippen LogP contribution in [0, 0.1) is 0 Å². The van der Waals surface area contributed by atoms with Gasteiger partial charge in [-0.3, -0.25) is 9.59 Å². The molecule has 0 fully saturated rings. The highest BCUT2D eigenvalue weighted by Gasteiger charge is 2.17. The summed E-state index contributed by atoms with van der Waals surface area (Å²) in [6, 6.07) is -0.498. The van der Waals surface area contributed by atoms with E-state index >= 15 is 0 Å². The lowest BCUT2D eigenvalue weighted by molar-refractivity contribution is -0.127. The van der Waals surface area contributed by atoms with Gasteiger partial charge in [0.05, 0.1) is 0 Å². The van der Waals surface area contributed by atoms with Gasteiger partial charge in [0.1, 0.15) is 6.04 Å². The summed E-state index contributed by atoms with van der Waals surface area (Å²) < 4.78 is 0. The van der Waals surface area contributed by atoms with Gasteiger partial charge in [0.25, 0.3) is 0 Å². The Balaban J connectivity index is 3.53. The number of amides is 2. The maximum atomic E-state index is 12.3. The van der Waals surface area contributed by atoms with Gasteiger partial charge in [-0.05, 0) is 12.8 Å². The average molecular weight is 537 g/mol. The molecule has 0 aromatic rings. The highest BCUT2D eigenvalue weighted by Crippen LogP contribution is 2.15. The summed E-state index contributed by atoms with van der Waals surface area (Å²) in [5, 5.41) is 2.89. The molecule has 4 nitrogen and oxygen atoms in total. The van der Waals surface area contributed by atoms with Crippen LogP contribution in [-0.2, 0) is 9.59 Å². The third-order valence-electron chi connectivity index (χ3n) is 8.03. The third kappa shape index (κ3) is 28.0. The molecular formula is C34H68N2O2. The first-order chi connectivity index (χ1) is 18.6. The molecule has 0 aromatic heterocycles. The van der Waals surface area contributed by atoms with E-state index in [0.29, 0.717) is 12.8 Å². The van der Waals surface area contributed by atoms with Crippen LogP contribution in [-0.4, -0.2) is 17.9 Å². The van der Waals surface area contributed by atoms with Gasteiger partial charge in [-0.1, -0.05) is 181 Å². The van der Waals surface area contributed by atoms with Crippen molar-refractivity contribution in [3.05, 3.63) is 0 Å². The molecular weight excluding hydrogens is 468 g/mol. The zero-order valence-electron chi connectivity index (χ0n) is 26.0. The minimum Gasteiger partial charge on any atom is -0.368 e. The van der Waals surface area contributed by atoms with Crippen molar-refractivity contribution in [2.75, 3.05) is 0 Å². The lowest BCUT2D eigenvalue weighted by Gasteiger charge is -2.15. The molecule has 1 atom stereocenters. The van der Waals surface area contributed by atoms with Gasteiger partial charge in [-0.15, -0.1) is 0 Å². The number of nitrogens with one attached hydrogen (secondary N) is 1. The van der Waals surface area contributed by atoms with Crippen LogP contribution >= 0.6 is 0 Å². The van der Waals surface area contributed by atoms with Crippen molar-refractivity contribution in [1.29, 1.82) is 0 Å². The van der Waals surface area contributed by atoms with Gasteiger partial charge in [-0.2, -0.15) is 0 Å². The Morgan fingerprint density at radius 3 is 1.08 bits per heavy atom. The van der Waals surface area contributed by atoms with Crippen molar-refractivity contribution in [1.82, 2.24) is 5.32 Å². The Labute approximate surface area is 238 Å². The first-order valence-corrected chi connectivity index (χ1v) is 17.2. The molecule has 0 aromatic carbocycles. The second kappa shape index (κ2) is 30.5. The van der Waals surface area contributed by atoms with E-state index in [9.17, 15) is 9.59 Å². The highest BCUT2D eigenvalue weighted by molar-refractivity contribution is 5.86. The molecule has 0 radical (unpaired) electrons. The minimum atomic E-state index is -0.498. The van der Waals surface area contributed by atoms with Crippen molar-refractivity contribution in [3.8, 4) is 0 Å². The number of rotatable bonds is 31. The first-order valence-electron chi connectivity index (χ1n) is 17.2. The Bertz CT molecular complexity index is 509. The minimum absolute atomic E-state index is 0.0116. The third-order valence-corrected chi connectivity index (χ3v) is 8.03. The predicted octanol–water partition coefficient (Wildman–Crippen LogP) is 10.3. The van der Waals surface area contributed by atoms with Crippen LogP contribution in [0.2, 0.25) is 0 Å². The fourth-order valence-electron chi connectivity index (χ4n) is 5.40. The van der Waals surface area contributed by atoms with Gasteiger partial charge in [0, 0.05) is 6.42 Å². The Morgan fingerprint density at radius 1 is 0.474 bits per heavy atom. The molecule has 0 rings (SSSR count). The van der Waals surface area contributed by atoms with Gasteiger partial charge in [0.15, 0.2) is 0 Å². The second-order valence-corrected chi connectivity index (χ2v) is 11.9. The standard InChI is InChI=1S/C34H68N2O2/c1-3-5-7-9-11-13-15-17-18-19-21-23-25-27-29-31-33(37)36-32(34(35)38)30-28-26-24-22-20-16-14-12-10-8-6-4-2/h32H,3-31H2,1-2H3,(H2,35,38)(H,36,37). The molecule has 226 valence electrons. The molecule has 1 unspecified atom stereocenters. The molecule has 4 heteroatoms. The fourth-order valence-corrected chi connectivity index (χ4v) is 5.40. The molecule has 0 aliphatic heterocycles. The van der Waals surface area contributed by atoms with Crippen LogP contribution in [0.25, 0.3) is 0 Å². The fraction of sp³-hybridized carbons (Fsp3) is 0.941. The van der Waals surface area contributed by atoms with Crippen molar-refractivity contribution in [3.63, 3.8) is 0 Å². The van der Waals surface area contributed by atoms with Crippen LogP contribution in [0.1, 0.15) is 200 Å². The van der Waals surface area contributed by atoms with E-state index in [1.54, 1.807) is 0 Å². The molecule has 3 N–H and O–H groups in total. The van der Waals surface area contributed by atoms with E-state index in [1.165, 1.54) is 148 Å². The molecule has 38 heavy (non-hydrogen) atoms. The van der Waals surface area contributed by atoms with Gasteiger partial charge >= 0.3 is 0 Å². The number of primary amides is 1.